The van der Waals surface area contributed by atoms with E-state index in [-0.39, 0.29) is 24.1 Å². The molecule has 1 spiro atoms. The maximum atomic E-state index is 13.0. The summed E-state index contributed by atoms with van der Waals surface area (Å²) in [5, 5.41) is 0. The van der Waals surface area contributed by atoms with Crippen LogP contribution in [0.1, 0.15) is 31.6 Å². The van der Waals surface area contributed by atoms with Gasteiger partial charge in [-0.25, -0.2) is 0 Å². The molecule has 1 saturated carbocycles. The fourth-order valence-electron chi connectivity index (χ4n) is 4.26. The van der Waals surface area contributed by atoms with Crippen LogP contribution in [0.25, 0.3) is 0 Å². The van der Waals surface area contributed by atoms with E-state index in [4.69, 9.17) is 27.9 Å². The lowest BCUT2D eigenvalue weighted by Crippen LogP contribution is -2.33. The van der Waals surface area contributed by atoms with E-state index in [1.165, 1.54) is 0 Å². The van der Waals surface area contributed by atoms with Crippen LogP contribution in [0.15, 0.2) is 30.3 Å². The summed E-state index contributed by atoms with van der Waals surface area (Å²) in [5.41, 5.74) is 0.417. The Morgan fingerprint density at radius 1 is 1.33 bits per heavy atom. The minimum absolute atomic E-state index is 0.0582. The van der Waals surface area contributed by atoms with Crippen LogP contribution in [-0.4, -0.2) is 27.8 Å². The fourth-order valence-corrected chi connectivity index (χ4v) is 5.41. The maximum absolute atomic E-state index is 13.0. The third-order valence-electron chi connectivity index (χ3n) is 5.30. The Hall–Kier alpha value is -0.770. The van der Waals surface area contributed by atoms with Gasteiger partial charge in [0.05, 0.1) is 18.1 Å². The van der Waals surface area contributed by atoms with Gasteiger partial charge in [-0.3, -0.25) is 4.79 Å². The van der Waals surface area contributed by atoms with Gasteiger partial charge in [0.1, 0.15) is 4.33 Å². The zero-order valence-corrected chi connectivity index (χ0v) is 13.3. The first kappa shape index (κ1) is 13.9. The van der Waals surface area contributed by atoms with Crippen LogP contribution in [0.4, 0.5) is 0 Å². The SMILES string of the molecule is CC[C@H]1C(Cl)(Cl)C12CC1COC(c3ccccc3)N1C2=O. The predicted octanol–water partition coefficient (Wildman–Crippen LogP) is 3.52. The lowest BCUT2D eigenvalue weighted by atomic mass is 9.98. The standard InChI is InChI=1S/C16H17Cl2NO2/c1-2-12-15(16(12,17)18)8-11-9-21-13(19(11)14(15)20)10-6-4-3-5-7-10/h3-7,11-13H,2,8-9H2,1H3/t11?,12-,13?,15?/m1/s1. The number of nitrogens with zero attached hydrogens (tertiary/aromatic N) is 1. The van der Waals surface area contributed by atoms with Crippen LogP contribution in [0.3, 0.4) is 0 Å². The van der Waals surface area contributed by atoms with Gasteiger partial charge >= 0.3 is 0 Å². The first-order chi connectivity index (χ1) is 10.0. The molecule has 2 heterocycles. The summed E-state index contributed by atoms with van der Waals surface area (Å²) in [5.74, 6) is 0.124. The first-order valence-electron chi connectivity index (χ1n) is 7.41. The number of amides is 1. The summed E-state index contributed by atoms with van der Waals surface area (Å²) < 4.78 is 4.94. The van der Waals surface area contributed by atoms with E-state index in [2.05, 4.69) is 0 Å². The molecule has 0 aromatic heterocycles. The highest BCUT2D eigenvalue weighted by Crippen LogP contribution is 2.76. The molecule has 3 fully saturated rings. The van der Waals surface area contributed by atoms with E-state index in [9.17, 15) is 4.79 Å². The van der Waals surface area contributed by atoms with Crippen molar-refractivity contribution in [1.82, 2.24) is 4.90 Å². The molecule has 0 bridgehead atoms. The Balaban J connectivity index is 1.68. The molecule has 4 atom stereocenters. The number of halogens is 2. The van der Waals surface area contributed by atoms with Gasteiger partial charge in [0.2, 0.25) is 5.91 Å². The van der Waals surface area contributed by atoms with E-state index < -0.39 is 9.75 Å². The molecular formula is C16H17Cl2NO2. The molecule has 3 nitrogen and oxygen atoms in total. The van der Waals surface area contributed by atoms with E-state index in [0.717, 1.165) is 12.0 Å². The second-order valence-electron chi connectivity index (χ2n) is 6.22. The topological polar surface area (TPSA) is 29.5 Å². The van der Waals surface area contributed by atoms with Crippen LogP contribution < -0.4 is 0 Å². The zero-order valence-electron chi connectivity index (χ0n) is 11.8. The van der Waals surface area contributed by atoms with Crippen molar-refractivity contribution < 1.29 is 9.53 Å². The van der Waals surface area contributed by atoms with E-state index >= 15 is 0 Å². The van der Waals surface area contributed by atoms with E-state index in [1.54, 1.807) is 0 Å². The molecule has 4 rings (SSSR count). The van der Waals surface area contributed by atoms with Crippen molar-refractivity contribution in [2.45, 2.75) is 36.4 Å². The normalized spacial score (nSPS) is 39.9. The highest BCUT2D eigenvalue weighted by Gasteiger charge is 2.83. The van der Waals surface area contributed by atoms with Gasteiger partial charge in [-0.15, -0.1) is 23.2 Å². The Labute approximate surface area is 134 Å². The highest BCUT2D eigenvalue weighted by atomic mass is 35.5. The molecule has 3 unspecified atom stereocenters. The quantitative estimate of drug-likeness (QED) is 0.779. The first-order valence-corrected chi connectivity index (χ1v) is 8.16. The van der Waals surface area contributed by atoms with Crippen molar-refractivity contribution in [1.29, 1.82) is 0 Å². The van der Waals surface area contributed by atoms with Crippen molar-refractivity contribution in [2.24, 2.45) is 11.3 Å². The molecule has 0 radical (unpaired) electrons. The van der Waals surface area contributed by atoms with Crippen LogP contribution >= 0.6 is 23.2 Å². The molecule has 1 aromatic carbocycles. The van der Waals surface area contributed by atoms with Gasteiger partial charge in [-0.1, -0.05) is 37.3 Å². The lowest BCUT2D eigenvalue weighted by Gasteiger charge is -2.23. The molecular weight excluding hydrogens is 309 g/mol. The van der Waals surface area contributed by atoms with Crippen LogP contribution in [0, 0.1) is 11.3 Å². The lowest BCUT2D eigenvalue weighted by molar-refractivity contribution is -0.139. The van der Waals surface area contributed by atoms with Gasteiger partial charge in [0, 0.05) is 11.5 Å². The second kappa shape index (κ2) is 4.37. The van der Waals surface area contributed by atoms with Crippen LogP contribution in [-0.2, 0) is 9.53 Å². The number of carbonyl (C=O) groups excluding carboxylic acids is 1. The molecule has 3 aliphatic rings. The van der Waals surface area contributed by atoms with Crippen LogP contribution in [0.2, 0.25) is 0 Å². The second-order valence-corrected chi connectivity index (χ2v) is 7.61. The number of hydrogen-bond acceptors (Lipinski definition) is 2. The van der Waals surface area contributed by atoms with Gasteiger partial charge < -0.3 is 9.64 Å². The van der Waals surface area contributed by atoms with Gasteiger partial charge in [-0.05, 0) is 12.8 Å². The monoisotopic (exact) mass is 325 g/mol. The van der Waals surface area contributed by atoms with Crippen molar-refractivity contribution in [3.63, 3.8) is 0 Å². The fraction of sp³-hybridized carbons (Fsp3) is 0.562. The molecule has 0 N–H and O–H groups in total. The van der Waals surface area contributed by atoms with Crippen molar-refractivity contribution in [3.8, 4) is 0 Å². The summed E-state index contributed by atoms with van der Waals surface area (Å²) in [6.07, 6.45) is 1.24. The molecule has 2 aliphatic heterocycles. The van der Waals surface area contributed by atoms with Crippen molar-refractivity contribution >= 4 is 29.1 Å². The molecule has 1 aromatic rings. The summed E-state index contributed by atoms with van der Waals surface area (Å²) in [6.45, 7) is 2.61. The maximum Gasteiger partial charge on any atom is 0.234 e. The Kier molecular flexibility index (Phi) is 2.89. The average Bonchev–Trinajstić information content (AvgIpc) is 2.80. The van der Waals surface area contributed by atoms with Gasteiger partial charge in [0.25, 0.3) is 0 Å². The Morgan fingerprint density at radius 2 is 2.05 bits per heavy atom. The number of ether oxygens (including phenoxy) is 1. The van der Waals surface area contributed by atoms with Crippen molar-refractivity contribution in [3.05, 3.63) is 35.9 Å². The number of carbonyl (C=O) groups is 1. The molecule has 1 amide bonds. The molecule has 112 valence electrons. The summed E-state index contributed by atoms with van der Waals surface area (Å²) in [4.78, 5) is 14.9. The van der Waals surface area contributed by atoms with Gasteiger partial charge in [0.15, 0.2) is 6.23 Å². The summed E-state index contributed by atoms with van der Waals surface area (Å²) in [7, 11) is 0. The Bertz CT molecular complexity index is 591. The molecule has 2 saturated heterocycles. The van der Waals surface area contributed by atoms with Gasteiger partial charge in [-0.2, -0.15) is 0 Å². The number of alkyl halides is 2. The predicted molar refractivity (Wildman–Crippen MR) is 81.0 cm³/mol. The molecule has 1 aliphatic carbocycles. The largest absolute Gasteiger partial charge is 0.352 e. The highest BCUT2D eigenvalue weighted by molar-refractivity contribution is 6.53. The van der Waals surface area contributed by atoms with Crippen molar-refractivity contribution in [2.75, 3.05) is 6.61 Å². The summed E-state index contributed by atoms with van der Waals surface area (Å²) in [6, 6.07) is 9.95. The number of hydrogen-bond donors (Lipinski definition) is 0. The minimum Gasteiger partial charge on any atom is -0.352 e. The smallest absolute Gasteiger partial charge is 0.234 e. The third kappa shape index (κ3) is 1.57. The average molecular weight is 326 g/mol. The third-order valence-corrected chi connectivity index (χ3v) is 6.50. The van der Waals surface area contributed by atoms with Crippen LogP contribution in [0.5, 0.6) is 0 Å². The van der Waals surface area contributed by atoms with E-state index in [1.807, 2.05) is 42.2 Å². The number of rotatable bonds is 2. The van der Waals surface area contributed by atoms with E-state index in [0.29, 0.717) is 13.0 Å². The molecule has 21 heavy (non-hydrogen) atoms. The number of fused-ring (bicyclic) bond motifs is 1. The number of benzene rings is 1. The minimum atomic E-state index is -0.912. The molecule has 5 heteroatoms. The Morgan fingerprint density at radius 3 is 2.67 bits per heavy atom. The zero-order chi connectivity index (χ0) is 14.8. The summed E-state index contributed by atoms with van der Waals surface area (Å²) >= 11 is 12.9.